The van der Waals surface area contributed by atoms with Crippen molar-refractivity contribution in [2.45, 2.75) is 26.9 Å². The van der Waals surface area contributed by atoms with Crippen molar-refractivity contribution < 1.29 is 4.74 Å². The van der Waals surface area contributed by atoms with Crippen LogP contribution in [0.15, 0.2) is 36.4 Å². The summed E-state index contributed by atoms with van der Waals surface area (Å²) in [6, 6.07) is 11.8. The quantitative estimate of drug-likeness (QED) is 0.799. The average Bonchev–Trinajstić information content (AvgIpc) is 2.93. The molecule has 0 unspecified atom stereocenters. The van der Waals surface area contributed by atoms with Gasteiger partial charge in [0.2, 0.25) is 0 Å². The molecule has 0 radical (unpaired) electrons. The molecule has 0 aliphatic carbocycles. The second kappa shape index (κ2) is 5.44. The lowest BCUT2D eigenvalue weighted by Crippen LogP contribution is -2.05. The van der Waals surface area contributed by atoms with Crippen molar-refractivity contribution in [2.24, 2.45) is 0 Å². The van der Waals surface area contributed by atoms with Crippen LogP contribution < -0.4 is 10.5 Å². The molecule has 0 aliphatic heterocycles. The zero-order valence-electron chi connectivity index (χ0n) is 12.2. The van der Waals surface area contributed by atoms with E-state index in [-0.39, 0.29) is 0 Å². The predicted octanol–water partition coefficient (Wildman–Crippen LogP) is 2.76. The monoisotopic (exact) mass is 282 g/mol. The molecule has 0 aliphatic rings. The maximum Gasteiger partial charge on any atom is 0.175 e. The Morgan fingerprint density at radius 2 is 2.05 bits per heavy atom. The molecule has 2 N–H and O–H groups in total. The van der Waals surface area contributed by atoms with E-state index in [1.165, 1.54) is 5.56 Å². The van der Waals surface area contributed by atoms with Crippen molar-refractivity contribution in [3.05, 3.63) is 53.5 Å². The first-order valence-corrected chi connectivity index (χ1v) is 7.00. The number of hydrogen-bond donors (Lipinski definition) is 1. The van der Waals surface area contributed by atoms with Gasteiger partial charge in [-0.15, -0.1) is 10.2 Å². The van der Waals surface area contributed by atoms with Gasteiger partial charge in [0.15, 0.2) is 11.5 Å². The molecule has 0 saturated heterocycles. The number of aromatic nitrogens is 3. The lowest BCUT2D eigenvalue weighted by Gasteiger charge is -2.08. The minimum atomic E-state index is 0.360. The van der Waals surface area contributed by atoms with Gasteiger partial charge in [0, 0.05) is 5.69 Å². The normalized spacial score (nSPS) is 11.0. The van der Waals surface area contributed by atoms with E-state index in [1.54, 1.807) is 0 Å². The van der Waals surface area contributed by atoms with Crippen molar-refractivity contribution in [1.29, 1.82) is 0 Å². The number of pyridine rings is 1. The minimum absolute atomic E-state index is 0.360. The second-order valence-electron chi connectivity index (χ2n) is 4.97. The summed E-state index contributed by atoms with van der Waals surface area (Å²) in [5.41, 5.74) is 9.62. The molecular formula is C16H18N4O. The van der Waals surface area contributed by atoms with Gasteiger partial charge in [0.1, 0.15) is 12.4 Å². The molecule has 0 spiro atoms. The van der Waals surface area contributed by atoms with Crippen molar-refractivity contribution in [3.8, 4) is 5.75 Å². The van der Waals surface area contributed by atoms with Gasteiger partial charge in [-0.3, -0.25) is 4.40 Å². The fourth-order valence-corrected chi connectivity index (χ4v) is 2.31. The third kappa shape index (κ3) is 2.54. The van der Waals surface area contributed by atoms with E-state index < -0.39 is 0 Å². The fourth-order valence-electron chi connectivity index (χ4n) is 2.31. The van der Waals surface area contributed by atoms with Crippen LogP contribution in [0.3, 0.4) is 0 Å². The predicted molar refractivity (Wildman–Crippen MR) is 82.3 cm³/mol. The van der Waals surface area contributed by atoms with E-state index in [2.05, 4.69) is 23.2 Å². The van der Waals surface area contributed by atoms with Crippen LogP contribution in [0.25, 0.3) is 5.65 Å². The van der Waals surface area contributed by atoms with Crippen molar-refractivity contribution in [2.75, 3.05) is 5.73 Å². The highest BCUT2D eigenvalue weighted by Crippen LogP contribution is 2.18. The minimum Gasteiger partial charge on any atom is -0.486 e. The third-order valence-electron chi connectivity index (χ3n) is 3.59. The molecule has 0 fully saturated rings. The lowest BCUT2D eigenvalue weighted by molar-refractivity contribution is 0.294. The molecular weight excluding hydrogens is 264 g/mol. The van der Waals surface area contributed by atoms with Crippen LogP contribution in [0, 0.1) is 6.92 Å². The maximum atomic E-state index is 5.94. The number of ether oxygens (including phenoxy) is 1. The number of nitrogens with two attached hydrogens (primary N) is 1. The van der Waals surface area contributed by atoms with E-state index in [0.29, 0.717) is 6.61 Å². The van der Waals surface area contributed by atoms with Gasteiger partial charge in [-0.2, -0.15) is 0 Å². The van der Waals surface area contributed by atoms with Gasteiger partial charge < -0.3 is 10.5 Å². The number of hydrogen-bond acceptors (Lipinski definition) is 4. The van der Waals surface area contributed by atoms with E-state index in [0.717, 1.165) is 35.0 Å². The molecule has 3 rings (SSSR count). The summed E-state index contributed by atoms with van der Waals surface area (Å²) in [7, 11) is 0. The summed E-state index contributed by atoms with van der Waals surface area (Å²) in [6.07, 6.45) is 0.987. The first-order valence-electron chi connectivity index (χ1n) is 7.00. The Kier molecular flexibility index (Phi) is 3.48. The van der Waals surface area contributed by atoms with E-state index >= 15 is 0 Å². The number of nitrogen functional groups attached to an aromatic ring is 1. The molecule has 1 aromatic carbocycles. The summed E-state index contributed by atoms with van der Waals surface area (Å²) in [4.78, 5) is 0. The average molecular weight is 282 g/mol. The Morgan fingerprint density at radius 1 is 1.19 bits per heavy atom. The second-order valence-corrected chi connectivity index (χ2v) is 4.97. The van der Waals surface area contributed by atoms with Gasteiger partial charge in [-0.05, 0) is 43.2 Å². The van der Waals surface area contributed by atoms with E-state index in [4.69, 9.17) is 10.5 Å². The standard InChI is InChI=1S/C16H18N4O/c1-3-12-5-4-6-13(9-12)21-10-16-19-18-15-8-7-14(17)11(2)20(15)16/h4-9H,3,10,17H2,1-2H3. The molecule has 2 aromatic heterocycles. The highest BCUT2D eigenvalue weighted by Gasteiger charge is 2.10. The largest absolute Gasteiger partial charge is 0.486 e. The van der Waals surface area contributed by atoms with Gasteiger partial charge in [-0.25, -0.2) is 0 Å². The molecule has 0 saturated carbocycles. The summed E-state index contributed by atoms with van der Waals surface area (Å²) in [6.45, 7) is 4.43. The number of fused-ring (bicyclic) bond motifs is 1. The lowest BCUT2D eigenvalue weighted by atomic mass is 10.2. The SMILES string of the molecule is CCc1cccc(OCc2nnc3ccc(N)c(C)n23)c1. The molecule has 5 heteroatoms. The Labute approximate surface area is 123 Å². The Hall–Kier alpha value is -2.56. The fraction of sp³-hybridized carbons (Fsp3) is 0.250. The third-order valence-corrected chi connectivity index (χ3v) is 3.59. The zero-order valence-corrected chi connectivity index (χ0v) is 12.2. The van der Waals surface area contributed by atoms with Gasteiger partial charge in [-0.1, -0.05) is 19.1 Å². The highest BCUT2D eigenvalue weighted by molar-refractivity contribution is 5.52. The summed E-state index contributed by atoms with van der Waals surface area (Å²) in [5.74, 6) is 1.59. The van der Waals surface area contributed by atoms with Crippen LogP contribution in [0.1, 0.15) is 24.0 Å². The summed E-state index contributed by atoms with van der Waals surface area (Å²) >= 11 is 0. The van der Waals surface area contributed by atoms with Crippen LogP contribution >= 0.6 is 0 Å². The highest BCUT2D eigenvalue weighted by atomic mass is 16.5. The van der Waals surface area contributed by atoms with Gasteiger partial charge >= 0.3 is 0 Å². The van der Waals surface area contributed by atoms with Crippen LogP contribution in [-0.2, 0) is 13.0 Å². The van der Waals surface area contributed by atoms with Crippen molar-refractivity contribution >= 4 is 11.3 Å². The van der Waals surface area contributed by atoms with E-state index in [1.807, 2.05) is 41.7 Å². The molecule has 3 aromatic rings. The molecule has 0 amide bonds. The first-order chi connectivity index (χ1) is 10.2. The number of anilines is 1. The molecule has 21 heavy (non-hydrogen) atoms. The molecule has 5 nitrogen and oxygen atoms in total. The van der Waals surface area contributed by atoms with Crippen LogP contribution in [0.4, 0.5) is 5.69 Å². The summed E-state index contributed by atoms with van der Waals surface area (Å²) < 4.78 is 7.76. The van der Waals surface area contributed by atoms with Crippen LogP contribution in [0.5, 0.6) is 5.75 Å². The Balaban J connectivity index is 1.86. The number of rotatable bonds is 4. The first kappa shape index (κ1) is 13.4. The Morgan fingerprint density at radius 3 is 2.86 bits per heavy atom. The topological polar surface area (TPSA) is 65.4 Å². The van der Waals surface area contributed by atoms with E-state index in [9.17, 15) is 0 Å². The molecule has 2 heterocycles. The van der Waals surface area contributed by atoms with Gasteiger partial charge in [0.25, 0.3) is 0 Å². The van der Waals surface area contributed by atoms with Gasteiger partial charge in [0.05, 0.1) is 5.69 Å². The number of benzene rings is 1. The van der Waals surface area contributed by atoms with Crippen LogP contribution in [-0.4, -0.2) is 14.6 Å². The van der Waals surface area contributed by atoms with Crippen LogP contribution in [0.2, 0.25) is 0 Å². The smallest absolute Gasteiger partial charge is 0.175 e. The number of nitrogens with zero attached hydrogens (tertiary/aromatic N) is 3. The zero-order chi connectivity index (χ0) is 14.8. The van der Waals surface area contributed by atoms with Crippen molar-refractivity contribution in [3.63, 3.8) is 0 Å². The molecule has 0 bridgehead atoms. The Bertz CT molecular complexity index is 779. The maximum absolute atomic E-state index is 5.94. The van der Waals surface area contributed by atoms with Crippen molar-refractivity contribution in [1.82, 2.24) is 14.6 Å². The summed E-state index contributed by atoms with van der Waals surface area (Å²) in [5, 5.41) is 8.33. The number of aryl methyl sites for hydroxylation is 2. The molecule has 0 atom stereocenters. The molecule has 108 valence electrons.